The third-order valence-electron chi connectivity index (χ3n) is 3.57. The number of nitrogens with zero attached hydrogens (tertiary/aromatic N) is 1. The van der Waals surface area contributed by atoms with Gasteiger partial charge in [0.15, 0.2) is 0 Å². The molecule has 0 amide bonds. The van der Waals surface area contributed by atoms with E-state index >= 15 is 0 Å². The number of carbonyl (C=O) groups is 2. The summed E-state index contributed by atoms with van der Waals surface area (Å²) in [5.74, 6) is -1.70. The Bertz CT molecular complexity index is 711. The molecular formula is C17H18BrNO3S. The molecule has 0 saturated heterocycles. The molecule has 122 valence electrons. The Morgan fingerprint density at radius 2 is 2.09 bits per heavy atom. The van der Waals surface area contributed by atoms with Gasteiger partial charge in [-0.15, -0.1) is 11.3 Å². The fraction of sp³-hybridized carbons (Fsp3) is 0.353. The van der Waals surface area contributed by atoms with Gasteiger partial charge in [0.05, 0.1) is 11.6 Å². The van der Waals surface area contributed by atoms with E-state index in [9.17, 15) is 9.59 Å². The van der Waals surface area contributed by atoms with Gasteiger partial charge in [0.1, 0.15) is 10.8 Å². The monoisotopic (exact) mass is 395 g/mol. The van der Waals surface area contributed by atoms with Crippen LogP contribution in [0.1, 0.15) is 26.0 Å². The summed E-state index contributed by atoms with van der Waals surface area (Å²) in [5, 5.41) is 11.9. The summed E-state index contributed by atoms with van der Waals surface area (Å²) >= 11 is 4.91. The van der Waals surface area contributed by atoms with Crippen molar-refractivity contribution in [3.63, 3.8) is 0 Å². The minimum absolute atomic E-state index is 0.0523. The Morgan fingerprint density at radius 1 is 1.35 bits per heavy atom. The lowest BCUT2D eigenvalue weighted by Gasteiger charge is -2.14. The fourth-order valence-electron chi connectivity index (χ4n) is 2.27. The van der Waals surface area contributed by atoms with Gasteiger partial charge in [0.25, 0.3) is 0 Å². The Morgan fingerprint density at radius 3 is 2.70 bits per heavy atom. The molecule has 0 unspecified atom stereocenters. The molecule has 0 saturated carbocycles. The van der Waals surface area contributed by atoms with Gasteiger partial charge in [-0.2, -0.15) is 0 Å². The lowest BCUT2D eigenvalue weighted by atomic mass is 9.90. The lowest BCUT2D eigenvalue weighted by Crippen LogP contribution is -2.23. The van der Waals surface area contributed by atoms with Gasteiger partial charge in [0, 0.05) is 28.3 Å². The van der Waals surface area contributed by atoms with Gasteiger partial charge in [0.2, 0.25) is 0 Å². The molecule has 0 fully saturated rings. The number of aromatic nitrogens is 1. The third-order valence-corrected chi connectivity index (χ3v) is 5.00. The molecule has 2 rings (SSSR count). The minimum Gasteiger partial charge on any atom is -0.481 e. The zero-order valence-corrected chi connectivity index (χ0v) is 15.4. The first kappa shape index (κ1) is 17.8. The highest BCUT2D eigenvalue weighted by molar-refractivity contribution is 9.10. The van der Waals surface area contributed by atoms with Crippen LogP contribution >= 0.6 is 27.3 Å². The largest absolute Gasteiger partial charge is 0.481 e. The van der Waals surface area contributed by atoms with Crippen molar-refractivity contribution in [1.82, 2.24) is 4.98 Å². The molecule has 0 spiro atoms. The van der Waals surface area contributed by atoms with Crippen molar-refractivity contribution in [1.29, 1.82) is 0 Å². The van der Waals surface area contributed by atoms with Gasteiger partial charge < -0.3 is 5.11 Å². The van der Waals surface area contributed by atoms with Crippen molar-refractivity contribution in [3.8, 4) is 10.6 Å². The predicted octanol–water partition coefficient (Wildman–Crippen LogP) is 4.43. The highest BCUT2D eigenvalue weighted by Gasteiger charge is 2.24. The van der Waals surface area contributed by atoms with Gasteiger partial charge in [-0.25, -0.2) is 4.98 Å². The molecule has 0 aliphatic carbocycles. The van der Waals surface area contributed by atoms with Crippen LogP contribution in [0.25, 0.3) is 10.6 Å². The molecule has 0 bridgehead atoms. The molecule has 0 aliphatic rings. The van der Waals surface area contributed by atoms with Gasteiger partial charge in [-0.3, -0.25) is 9.59 Å². The number of halogens is 1. The van der Waals surface area contributed by atoms with Crippen molar-refractivity contribution in [2.24, 2.45) is 11.8 Å². The third kappa shape index (κ3) is 4.97. The van der Waals surface area contributed by atoms with Gasteiger partial charge >= 0.3 is 5.97 Å². The molecule has 4 nitrogen and oxygen atoms in total. The van der Waals surface area contributed by atoms with Crippen LogP contribution in [0.5, 0.6) is 0 Å². The number of rotatable bonds is 7. The van der Waals surface area contributed by atoms with Crippen LogP contribution in [0.4, 0.5) is 0 Å². The second-order valence-corrected chi connectivity index (χ2v) is 7.54. The molecule has 1 atom stereocenters. The number of hydrogen-bond acceptors (Lipinski definition) is 4. The summed E-state index contributed by atoms with van der Waals surface area (Å²) in [7, 11) is 0. The first-order valence-electron chi connectivity index (χ1n) is 7.31. The number of benzene rings is 1. The van der Waals surface area contributed by atoms with Crippen LogP contribution < -0.4 is 0 Å². The molecular weight excluding hydrogens is 378 g/mol. The van der Waals surface area contributed by atoms with Crippen LogP contribution in [0.15, 0.2) is 34.1 Å². The van der Waals surface area contributed by atoms with Gasteiger partial charge in [-0.05, 0) is 18.1 Å². The minimum atomic E-state index is -0.915. The quantitative estimate of drug-likeness (QED) is 0.752. The van der Waals surface area contributed by atoms with Crippen molar-refractivity contribution in [3.05, 3.63) is 39.8 Å². The average molecular weight is 396 g/mol. The summed E-state index contributed by atoms with van der Waals surface area (Å²) in [6.45, 7) is 3.64. The number of thiazole rings is 1. The molecule has 0 aliphatic heterocycles. The van der Waals surface area contributed by atoms with E-state index < -0.39 is 11.9 Å². The molecule has 1 heterocycles. The number of aliphatic carboxylic acids is 1. The highest BCUT2D eigenvalue weighted by Crippen LogP contribution is 2.27. The van der Waals surface area contributed by atoms with E-state index in [0.717, 1.165) is 15.0 Å². The fourth-order valence-corrected chi connectivity index (χ4v) is 3.49. The van der Waals surface area contributed by atoms with Crippen LogP contribution in [-0.4, -0.2) is 21.8 Å². The number of carbonyl (C=O) groups excluding carboxylic acids is 1. The van der Waals surface area contributed by atoms with Crippen LogP contribution in [0, 0.1) is 11.8 Å². The smallest absolute Gasteiger partial charge is 0.307 e. The zero-order valence-electron chi connectivity index (χ0n) is 13.0. The maximum absolute atomic E-state index is 12.1. The maximum Gasteiger partial charge on any atom is 0.307 e. The topological polar surface area (TPSA) is 67.3 Å². The SMILES string of the molecule is CC(C)[C@@H](CC(=O)Cc1csc(-c2cccc(Br)c2)n1)C(=O)O. The predicted molar refractivity (Wildman–Crippen MR) is 94.5 cm³/mol. The van der Waals surface area contributed by atoms with Crippen molar-refractivity contribution < 1.29 is 14.7 Å². The van der Waals surface area contributed by atoms with E-state index in [0.29, 0.717) is 5.69 Å². The summed E-state index contributed by atoms with van der Waals surface area (Å²) in [4.78, 5) is 27.8. The van der Waals surface area contributed by atoms with E-state index in [1.54, 1.807) is 0 Å². The molecule has 0 radical (unpaired) electrons. The summed E-state index contributed by atoms with van der Waals surface area (Å²) in [5.41, 5.74) is 1.69. The number of carboxylic acids is 1. The van der Waals surface area contributed by atoms with Crippen molar-refractivity contribution in [2.75, 3.05) is 0 Å². The Labute approximate surface area is 147 Å². The maximum atomic E-state index is 12.1. The van der Waals surface area contributed by atoms with Crippen molar-refractivity contribution >= 4 is 39.0 Å². The molecule has 6 heteroatoms. The number of hydrogen-bond donors (Lipinski definition) is 1. The van der Waals surface area contributed by atoms with E-state index in [2.05, 4.69) is 20.9 Å². The van der Waals surface area contributed by atoms with Gasteiger partial charge in [-0.1, -0.05) is 41.9 Å². The number of carboxylic acid groups (broad SMARTS) is 1. The van der Waals surface area contributed by atoms with E-state index in [1.807, 2.05) is 43.5 Å². The second-order valence-electron chi connectivity index (χ2n) is 5.76. The number of Topliss-reactive ketones (excluding diaryl/α,β-unsaturated/α-hetero) is 1. The van der Waals surface area contributed by atoms with Crippen LogP contribution in [0.3, 0.4) is 0 Å². The summed E-state index contributed by atoms with van der Waals surface area (Å²) in [6, 6.07) is 7.82. The first-order valence-corrected chi connectivity index (χ1v) is 8.99. The van der Waals surface area contributed by atoms with E-state index in [4.69, 9.17) is 5.11 Å². The lowest BCUT2D eigenvalue weighted by molar-refractivity contribution is -0.145. The molecule has 1 N–H and O–H groups in total. The zero-order chi connectivity index (χ0) is 17.0. The van der Waals surface area contributed by atoms with Crippen LogP contribution in [0.2, 0.25) is 0 Å². The molecule has 1 aromatic heterocycles. The Kier molecular flexibility index (Phi) is 6.07. The Hall–Kier alpha value is -1.53. The number of ketones is 1. The average Bonchev–Trinajstić information content (AvgIpc) is 2.92. The summed E-state index contributed by atoms with van der Waals surface area (Å²) < 4.78 is 0.976. The normalized spacial score (nSPS) is 12.3. The molecule has 1 aromatic carbocycles. The Balaban J connectivity index is 2.04. The molecule has 2 aromatic rings. The second kappa shape index (κ2) is 7.84. The first-order chi connectivity index (χ1) is 10.9. The highest BCUT2D eigenvalue weighted by atomic mass is 79.9. The van der Waals surface area contributed by atoms with E-state index in [1.165, 1.54) is 11.3 Å². The standard InChI is InChI=1S/C17H18BrNO3S/c1-10(2)15(17(21)22)8-14(20)7-13-9-23-16(19-13)11-4-3-5-12(18)6-11/h3-6,9-10,15H,7-8H2,1-2H3,(H,21,22)/t15-/m1/s1. The van der Waals surface area contributed by atoms with Crippen molar-refractivity contribution in [2.45, 2.75) is 26.7 Å². The molecule has 23 heavy (non-hydrogen) atoms. The van der Waals surface area contributed by atoms with Crippen LogP contribution in [-0.2, 0) is 16.0 Å². The van der Waals surface area contributed by atoms with E-state index in [-0.39, 0.29) is 24.5 Å². The summed E-state index contributed by atoms with van der Waals surface area (Å²) in [6.07, 6.45) is 0.234.